The number of para-hydroxylation sites is 1. The van der Waals surface area contributed by atoms with Gasteiger partial charge in [0.1, 0.15) is 0 Å². The van der Waals surface area contributed by atoms with Gasteiger partial charge in [-0.1, -0.05) is 97.1 Å². The number of benzene rings is 6. The van der Waals surface area contributed by atoms with Gasteiger partial charge in [0, 0.05) is 45.3 Å². The fraction of sp³-hybridized carbons (Fsp3) is 0. The van der Waals surface area contributed by atoms with Crippen molar-refractivity contribution in [1.82, 2.24) is 19.1 Å². The monoisotopic (exact) mass is 638 g/mol. The van der Waals surface area contributed by atoms with E-state index in [1.165, 1.54) is 60.4 Å². The minimum Gasteiger partial charge on any atom is -0.308 e. The Hall–Kier alpha value is -6.78. The van der Waals surface area contributed by atoms with Gasteiger partial charge in [-0.15, -0.1) is 0 Å². The van der Waals surface area contributed by atoms with Crippen LogP contribution in [-0.2, 0) is 0 Å². The molecule has 0 N–H and O–H groups in total. The van der Waals surface area contributed by atoms with Gasteiger partial charge < -0.3 is 9.13 Å². The molecule has 234 valence electrons. The first-order valence-electron chi connectivity index (χ1n) is 16.9. The maximum atomic E-state index is 4.52. The lowest BCUT2D eigenvalue weighted by Gasteiger charge is -2.11. The minimum atomic E-state index is 1.10. The van der Waals surface area contributed by atoms with E-state index in [0.717, 1.165) is 27.9 Å². The number of fused-ring (bicyclic) bond motifs is 6. The summed E-state index contributed by atoms with van der Waals surface area (Å²) in [5, 5.41) is 4.82. The van der Waals surface area contributed by atoms with Crippen molar-refractivity contribution in [2.24, 2.45) is 0 Å². The summed E-state index contributed by atoms with van der Waals surface area (Å²) in [6.45, 7) is 0. The Morgan fingerprint density at radius 1 is 0.300 bits per heavy atom. The molecule has 0 bridgehead atoms. The van der Waals surface area contributed by atoms with E-state index in [9.17, 15) is 0 Å². The summed E-state index contributed by atoms with van der Waals surface area (Å²) < 4.78 is 4.63. The maximum Gasteiger partial charge on any atom is 0.0724 e. The Bertz CT molecular complexity index is 2850. The van der Waals surface area contributed by atoms with Crippen LogP contribution in [0.25, 0.3) is 88.4 Å². The van der Waals surface area contributed by atoms with Gasteiger partial charge in [0.05, 0.1) is 34.5 Å². The highest BCUT2D eigenvalue weighted by atomic mass is 15.0. The quantitative estimate of drug-likeness (QED) is 0.188. The van der Waals surface area contributed by atoms with E-state index < -0.39 is 0 Å². The first kappa shape index (κ1) is 28.3. The van der Waals surface area contributed by atoms with Gasteiger partial charge in [-0.2, -0.15) is 0 Å². The molecular formula is C46H30N4. The highest BCUT2D eigenvalue weighted by Gasteiger charge is 2.16. The van der Waals surface area contributed by atoms with Crippen LogP contribution in [0, 0.1) is 0 Å². The number of pyridine rings is 2. The molecule has 0 spiro atoms. The van der Waals surface area contributed by atoms with Crippen molar-refractivity contribution in [3.63, 3.8) is 0 Å². The van der Waals surface area contributed by atoms with Gasteiger partial charge in [0.25, 0.3) is 0 Å². The van der Waals surface area contributed by atoms with E-state index in [0.29, 0.717) is 0 Å². The minimum absolute atomic E-state index is 1.10. The third-order valence-corrected chi connectivity index (χ3v) is 9.91. The molecule has 0 aliphatic carbocycles. The van der Waals surface area contributed by atoms with Crippen molar-refractivity contribution in [2.45, 2.75) is 0 Å². The molecule has 4 aromatic heterocycles. The van der Waals surface area contributed by atoms with E-state index in [2.05, 4.69) is 177 Å². The number of hydrogen-bond acceptors (Lipinski definition) is 2. The first-order valence-corrected chi connectivity index (χ1v) is 16.9. The van der Waals surface area contributed by atoms with Gasteiger partial charge in [-0.25, -0.2) is 0 Å². The molecule has 10 rings (SSSR count). The van der Waals surface area contributed by atoms with Crippen molar-refractivity contribution in [2.75, 3.05) is 0 Å². The van der Waals surface area contributed by atoms with E-state index >= 15 is 0 Å². The third-order valence-electron chi connectivity index (χ3n) is 9.91. The average molecular weight is 639 g/mol. The van der Waals surface area contributed by atoms with E-state index in [-0.39, 0.29) is 0 Å². The molecule has 0 unspecified atom stereocenters. The maximum absolute atomic E-state index is 4.52. The first-order chi connectivity index (χ1) is 24.8. The van der Waals surface area contributed by atoms with Crippen molar-refractivity contribution >= 4 is 43.6 Å². The zero-order valence-electron chi connectivity index (χ0n) is 27.1. The van der Waals surface area contributed by atoms with Crippen LogP contribution in [0.5, 0.6) is 0 Å². The Morgan fingerprint density at radius 2 is 0.740 bits per heavy atom. The van der Waals surface area contributed by atoms with Gasteiger partial charge >= 0.3 is 0 Å². The molecule has 4 heterocycles. The van der Waals surface area contributed by atoms with Crippen LogP contribution in [-0.4, -0.2) is 19.1 Å². The molecule has 0 saturated heterocycles. The topological polar surface area (TPSA) is 35.6 Å². The largest absolute Gasteiger partial charge is 0.308 e. The molecule has 0 aliphatic rings. The van der Waals surface area contributed by atoms with Crippen LogP contribution in [0.1, 0.15) is 0 Å². The fourth-order valence-corrected chi connectivity index (χ4v) is 7.54. The Morgan fingerprint density at radius 3 is 1.32 bits per heavy atom. The second-order valence-electron chi connectivity index (χ2n) is 12.7. The summed E-state index contributed by atoms with van der Waals surface area (Å²) in [4.78, 5) is 8.98. The number of aromatic nitrogens is 4. The van der Waals surface area contributed by atoms with Crippen LogP contribution < -0.4 is 0 Å². The van der Waals surface area contributed by atoms with Crippen LogP contribution >= 0.6 is 0 Å². The molecule has 50 heavy (non-hydrogen) atoms. The number of hydrogen-bond donors (Lipinski definition) is 0. The molecule has 0 saturated carbocycles. The summed E-state index contributed by atoms with van der Waals surface area (Å²) in [5.41, 5.74) is 13.9. The van der Waals surface area contributed by atoms with Crippen molar-refractivity contribution < 1.29 is 0 Å². The van der Waals surface area contributed by atoms with Crippen LogP contribution in [0.15, 0.2) is 183 Å². The smallest absolute Gasteiger partial charge is 0.0724 e. The summed E-state index contributed by atoms with van der Waals surface area (Å²) in [6, 6.07) is 56.6. The average Bonchev–Trinajstić information content (AvgIpc) is 3.71. The Balaban J connectivity index is 1.04. The molecule has 10 aromatic rings. The summed E-state index contributed by atoms with van der Waals surface area (Å²) in [5.74, 6) is 0. The van der Waals surface area contributed by atoms with E-state index in [4.69, 9.17) is 0 Å². The normalized spacial score (nSPS) is 11.6. The summed E-state index contributed by atoms with van der Waals surface area (Å²) >= 11 is 0. The number of nitrogens with zero attached hydrogens (tertiary/aromatic N) is 4. The van der Waals surface area contributed by atoms with Crippen LogP contribution in [0.2, 0.25) is 0 Å². The summed E-state index contributed by atoms with van der Waals surface area (Å²) in [6.07, 6.45) is 7.71. The molecule has 4 heteroatoms. The van der Waals surface area contributed by atoms with Crippen molar-refractivity contribution in [1.29, 1.82) is 0 Å². The molecule has 4 nitrogen and oxygen atoms in total. The predicted octanol–water partition coefficient (Wildman–Crippen LogP) is 11.7. The van der Waals surface area contributed by atoms with Crippen molar-refractivity contribution in [3.8, 4) is 44.8 Å². The second-order valence-corrected chi connectivity index (χ2v) is 12.7. The van der Waals surface area contributed by atoms with E-state index in [1.807, 2.05) is 24.8 Å². The molecular weight excluding hydrogens is 609 g/mol. The predicted molar refractivity (Wildman–Crippen MR) is 207 cm³/mol. The van der Waals surface area contributed by atoms with Gasteiger partial charge in [0.2, 0.25) is 0 Å². The lowest BCUT2D eigenvalue weighted by molar-refractivity contribution is 1.17. The molecule has 0 aliphatic heterocycles. The molecule has 0 amide bonds. The third kappa shape index (κ3) is 4.54. The summed E-state index contributed by atoms with van der Waals surface area (Å²) in [7, 11) is 0. The second kappa shape index (κ2) is 11.4. The lowest BCUT2D eigenvalue weighted by Crippen LogP contribution is -1.94. The van der Waals surface area contributed by atoms with Crippen molar-refractivity contribution in [3.05, 3.63) is 183 Å². The zero-order chi connectivity index (χ0) is 33.0. The molecule has 6 aromatic carbocycles. The molecule has 0 atom stereocenters. The van der Waals surface area contributed by atoms with Gasteiger partial charge in [-0.05, 0) is 94.0 Å². The standard InChI is InChI=1S/C46H30N4/c1-3-8-31(9-4-1)34-10-7-13-38(26-34)50-44-21-19-36(28-42(44)40-23-25-48-30-46(40)50)33-16-14-32(15-17-33)35-18-20-43-41(27-35)39-22-24-47-29-45(39)49(43)37-11-5-2-6-12-37/h1-30H. The van der Waals surface area contributed by atoms with E-state index in [1.54, 1.807) is 0 Å². The Labute approximate surface area is 289 Å². The highest BCUT2D eigenvalue weighted by Crippen LogP contribution is 2.37. The Kier molecular flexibility index (Phi) is 6.46. The lowest BCUT2D eigenvalue weighted by atomic mass is 9.98. The van der Waals surface area contributed by atoms with Gasteiger partial charge in [0.15, 0.2) is 0 Å². The number of rotatable bonds is 5. The van der Waals surface area contributed by atoms with Gasteiger partial charge in [-0.3, -0.25) is 9.97 Å². The SMILES string of the molecule is c1ccc(-c2cccc(-n3c4ccc(-c5ccc(-c6ccc7c(c6)c6ccncc6n7-c6ccccc6)cc5)cc4c4ccncc43)c2)cc1. The van der Waals surface area contributed by atoms with Crippen LogP contribution in [0.3, 0.4) is 0 Å². The molecule has 0 radical (unpaired) electrons. The highest BCUT2D eigenvalue weighted by molar-refractivity contribution is 6.11. The van der Waals surface area contributed by atoms with Crippen LogP contribution in [0.4, 0.5) is 0 Å². The zero-order valence-corrected chi connectivity index (χ0v) is 27.1. The fourth-order valence-electron chi connectivity index (χ4n) is 7.54. The molecule has 0 fully saturated rings.